The third kappa shape index (κ3) is 5.55. The van der Waals surface area contributed by atoms with E-state index < -0.39 is 52.6 Å². The summed E-state index contributed by atoms with van der Waals surface area (Å²) in [4.78, 5) is 53.5. The molecule has 182 valence electrons. The summed E-state index contributed by atoms with van der Waals surface area (Å²) < 4.78 is 6.24. The Morgan fingerprint density at radius 1 is 1.09 bits per heavy atom. The standard InChI is InChI=1S/C23H22N4O8/c1-12(2)35-15-7-3-6-14(9-15)27-22(33)17(20(31)25-11-16(28)29)19(30)18(23(27)34)21(32)26-13-5-4-8-24-10-13/h3-10,12,30,34H,11H2,1-2H3,(H,25,31)(H,26,32)(H,28,29). The number of carboxylic acids is 1. The van der Waals surface area contributed by atoms with Gasteiger partial charge in [-0.3, -0.25) is 24.2 Å². The maximum absolute atomic E-state index is 13.2. The maximum Gasteiger partial charge on any atom is 0.322 e. The van der Waals surface area contributed by atoms with Crippen LogP contribution in [-0.2, 0) is 4.79 Å². The summed E-state index contributed by atoms with van der Waals surface area (Å²) in [7, 11) is 0. The number of carboxylic acid groups (broad SMARTS) is 1. The molecule has 3 aromatic rings. The highest BCUT2D eigenvalue weighted by molar-refractivity contribution is 6.10. The van der Waals surface area contributed by atoms with Gasteiger partial charge in [-0.05, 0) is 38.1 Å². The van der Waals surface area contributed by atoms with Gasteiger partial charge in [-0.1, -0.05) is 6.07 Å². The minimum atomic E-state index is -1.40. The predicted octanol–water partition coefficient (Wildman–Crippen LogP) is 1.50. The van der Waals surface area contributed by atoms with E-state index in [9.17, 15) is 29.4 Å². The van der Waals surface area contributed by atoms with E-state index in [1.165, 1.54) is 42.7 Å². The highest BCUT2D eigenvalue weighted by Crippen LogP contribution is 2.32. The lowest BCUT2D eigenvalue weighted by Gasteiger charge is -2.18. The third-order valence-electron chi connectivity index (χ3n) is 4.55. The van der Waals surface area contributed by atoms with E-state index in [0.717, 1.165) is 0 Å². The molecular weight excluding hydrogens is 460 g/mol. The van der Waals surface area contributed by atoms with Crippen LogP contribution in [0.5, 0.6) is 17.4 Å². The average Bonchev–Trinajstić information content (AvgIpc) is 2.78. The van der Waals surface area contributed by atoms with Crippen molar-refractivity contribution in [2.45, 2.75) is 20.0 Å². The number of hydrogen-bond acceptors (Lipinski definition) is 8. The van der Waals surface area contributed by atoms with Gasteiger partial charge in [-0.2, -0.15) is 0 Å². The summed E-state index contributed by atoms with van der Waals surface area (Å²) in [5, 5.41) is 34.8. The van der Waals surface area contributed by atoms with Crippen molar-refractivity contribution in [2.24, 2.45) is 0 Å². The molecule has 0 fully saturated rings. The molecule has 0 aliphatic carbocycles. The fraction of sp³-hybridized carbons (Fsp3) is 0.174. The van der Waals surface area contributed by atoms with Crippen LogP contribution in [-0.4, -0.2) is 55.3 Å². The molecule has 0 aliphatic rings. The van der Waals surface area contributed by atoms with E-state index in [1.807, 2.05) is 5.32 Å². The first kappa shape index (κ1) is 24.8. The zero-order valence-electron chi connectivity index (χ0n) is 18.7. The Bertz CT molecular complexity index is 1340. The number of nitrogens with zero attached hydrogens (tertiary/aromatic N) is 2. The molecule has 2 amide bonds. The van der Waals surface area contributed by atoms with E-state index >= 15 is 0 Å². The molecule has 0 aliphatic heterocycles. The van der Waals surface area contributed by atoms with Crippen molar-refractivity contribution in [2.75, 3.05) is 11.9 Å². The Hall–Kier alpha value is -4.87. The van der Waals surface area contributed by atoms with Gasteiger partial charge in [0.05, 0.1) is 23.7 Å². The van der Waals surface area contributed by atoms with Crippen LogP contribution in [0.15, 0.2) is 53.6 Å². The molecule has 2 heterocycles. The van der Waals surface area contributed by atoms with E-state index in [0.29, 0.717) is 10.3 Å². The van der Waals surface area contributed by atoms with Crippen LogP contribution < -0.4 is 20.9 Å². The molecule has 0 saturated heterocycles. The van der Waals surface area contributed by atoms with E-state index in [-0.39, 0.29) is 17.5 Å². The molecule has 2 aromatic heterocycles. The first-order valence-electron chi connectivity index (χ1n) is 10.3. The summed E-state index contributed by atoms with van der Waals surface area (Å²) in [6.07, 6.45) is 2.55. The second-order valence-corrected chi connectivity index (χ2v) is 7.50. The predicted molar refractivity (Wildman–Crippen MR) is 123 cm³/mol. The lowest BCUT2D eigenvalue weighted by molar-refractivity contribution is -0.135. The lowest BCUT2D eigenvalue weighted by Crippen LogP contribution is -2.36. The molecule has 35 heavy (non-hydrogen) atoms. The molecule has 12 nitrogen and oxygen atoms in total. The summed E-state index contributed by atoms with van der Waals surface area (Å²) in [6, 6.07) is 8.93. The van der Waals surface area contributed by atoms with Crippen LogP contribution in [0.1, 0.15) is 34.6 Å². The Kier molecular flexibility index (Phi) is 7.34. The van der Waals surface area contributed by atoms with Gasteiger partial charge in [0.2, 0.25) is 5.88 Å². The Morgan fingerprint density at radius 2 is 1.83 bits per heavy atom. The zero-order chi connectivity index (χ0) is 25.7. The Balaban J connectivity index is 2.22. The van der Waals surface area contributed by atoms with Crippen LogP contribution in [0.4, 0.5) is 5.69 Å². The largest absolute Gasteiger partial charge is 0.506 e. The summed E-state index contributed by atoms with van der Waals surface area (Å²) in [5.41, 5.74) is -2.69. The molecule has 0 saturated carbocycles. The van der Waals surface area contributed by atoms with E-state index in [4.69, 9.17) is 9.84 Å². The minimum Gasteiger partial charge on any atom is -0.506 e. The van der Waals surface area contributed by atoms with Crippen LogP contribution in [0.2, 0.25) is 0 Å². The number of ether oxygens (including phenoxy) is 1. The van der Waals surface area contributed by atoms with Crippen molar-refractivity contribution in [3.8, 4) is 23.1 Å². The van der Waals surface area contributed by atoms with Gasteiger partial charge in [-0.25, -0.2) is 4.57 Å². The van der Waals surface area contributed by atoms with Gasteiger partial charge in [0.15, 0.2) is 5.75 Å². The number of hydrogen-bond donors (Lipinski definition) is 5. The molecule has 12 heteroatoms. The molecule has 5 N–H and O–H groups in total. The van der Waals surface area contributed by atoms with Crippen molar-refractivity contribution in [3.63, 3.8) is 0 Å². The van der Waals surface area contributed by atoms with Gasteiger partial charge >= 0.3 is 5.97 Å². The smallest absolute Gasteiger partial charge is 0.322 e. The number of rotatable bonds is 8. The number of nitrogens with one attached hydrogen (secondary N) is 2. The number of carbonyl (C=O) groups excluding carboxylic acids is 2. The SMILES string of the molecule is CC(C)Oc1cccc(-n2c(O)c(C(=O)Nc3cccnc3)c(O)c(C(=O)NCC(=O)O)c2=O)c1. The van der Waals surface area contributed by atoms with Crippen molar-refractivity contribution < 1.29 is 34.4 Å². The van der Waals surface area contributed by atoms with Crippen LogP contribution in [0.3, 0.4) is 0 Å². The number of amides is 2. The minimum absolute atomic E-state index is 0.0216. The zero-order valence-corrected chi connectivity index (χ0v) is 18.7. The van der Waals surface area contributed by atoms with Crippen molar-refractivity contribution in [3.05, 3.63) is 70.3 Å². The first-order valence-corrected chi connectivity index (χ1v) is 10.3. The monoisotopic (exact) mass is 482 g/mol. The molecule has 3 rings (SSSR count). The van der Waals surface area contributed by atoms with Gasteiger partial charge in [0, 0.05) is 12.3 Å². The van der Waals surface area contributed by atoms with Crippen LogP contribution in [0.25, 0.3) is 5.69 Å². The number of benzene rings is 1. The molecular formula is C23H22N4O8. The average molecular weight is 482 g/mol. The van der Waals surface area contributed by atoms with Crippen molar-refractivity contribution >= 4 is 23.5 Å². The van der Waals surface area contributed by atoms with Crippen molar-refractivity contribution in [1.29, 1.82) is 0 Å². The van der Waals surface area contributed by atoms with E-state index in [1.54, 1.807) is 19.9 Å². The summed E-state index contributed by atoms with van der Waals surface area (Å²) in [5.74, 6) is -5.45. The van der Waals surface area contributed by atoms with Crippen LogP contribution in [0, 0.1) is 0 Å². The Morgan fingerprint density at radius 3 is 2.46 bits per heavy atom. The second-order valence-electron chi connectivity index (χ2n) is 7.50. The van der Waals surface area contributed by atoms with Gasteiger partial charge in [0.1, 0.15) is 23.4 Å². The van der Waals surface area contributed by atoms with Gasteiger partial charge in [0.25, 0.3) is 17.4 Å². The molecule has 0 atom stereocenters. The number of pyridine rings is 2. The summed E-state index contributed by atoms with van der Waals surface area (Å²) in [6.45, 7) is 2.71. The third-order valence-corrected chi connectivity index (χ3v) is 4.55. The summed E-state index contributed by atoms with van der Waals surface area (Å²) >= 11 is 0. The first-order chi connectivity index (χ1) is 16.6. The fourth-order valence-electron chi connectivity index (χ4n) is 3.15. The number of aromatic nitrogens is 2. The molecule has 0 unspecified atom stereocenters. The normalized spacial score (nSPS) is 10.6. The van der Waals surface area contributed by atoms with Crippen molar-refractivity contribution in [1.82, 2.24) is 14.9 Å². The van der Waals surface area contributed by atoms with Gasteiger partial charge in [-0.15, -0.1) is 0 Å². The number of aromatic hydroxyl groups is 2. The molecule has 0 spiro atoms. The van der Waals surface area contributed by atoms with Crippen LogP contribution >= 0.6 is 0 Å². The second kappa shape index (κ2) is 10.4. The number of anilines is 1. The fourth-order valence-corrected chi connectivity index (χ4v) is 3.15. The lowest BCUT2D eigenvalue weighted by atomic mass is 10.1. The molecule has 1 aromatic carbocycles. The number of carbonyl (C=O) groups is 3. The highest BCUT2D eigenvalue weighted by atomic mass is 16.5. The molecule has 0 radical (unpaired) electrons. The quantitative estimate of drug-likeness (QED) is 0.318. The topological polar surface area (TPSA) is 180 Å². The van der Waals surface area contributed by atoms with E-state index in [2.05, 4.69) is 10.3 Å². The Labute approximate surface area is 198 Å². The van der Waals surface area contributed by atoms with Gasteiger partial charge < -0.3 is 30.7 Å². The highest BCUT2D eigenvalue weighted by Gasteiger charge is 2.30. The molecule has 0 bridgehead atoms. The maximum atomic E-state index is 13.2. The number of aliphatic carboxylic acids is 1.